The van der Waals surface area contributed by atoms with Crippen molar-refractivity contribution in [2.45, 2.75) is 46.0 Å². The second kappa shape index (κ2) is 10.2. The summed E-state index contributed by atoms with van der Waals surface area (Å²) in [7, 11) is 0. The van der Waals surface area contributed by atoms with E-state index in [1.807, 2.05) is 13.8 Å². The van der Waals surface area contributed by atoms with Crippen molar-refractivity contribution in [3.63, 3.8) is 0 Å². The van der Waals surface area contributed by atoms with Crippen LogP contribution in [-0.2, 0) is 4.79 Å². The summed E-state index contributed by atoms with van der Waals surface area (Å²) in [6.45, 7) is 10.9. The van der Waals surface area contributed by atoms with E-state index in [0.717, 1.165) is 32.1 Å². The Labute approximate surface area is 118 Å². The Morgan fingerprint density at radius 1 is 1.00 bits per heavy atom. The summed E-state index contributed by atoms with van der Waals surface area (Å²) in [6.07, 6.45) is 7.57. The molecule has 2 aliphatic heterocycles. The van der Waals surface area contributed by atoms with E-state index in [9.17, 15) is 4.79 Å². The van der Waals surface area contributed by atoms with E-state index < -0.39 is 0 Å². The third-order valence-corrected chi connectivity index (χ3v) is 4.07. The van der Waals surface area contributed by atoms with Gasteiger partial charge in [-0.3, -0.25) is 9.69 Å². The highest BCUT2D eigenvalue weighted by molar-refractivity contribution is 5.45. The van der Waals surface area contributed by atoms with Crippen molar-refractivity contribution in [3.8, 4) is 0 Å². The quantitative estimate of drug-likeness (QED) is 0.775. The van der Waals surface area contributed by atoms with E-state index in [0.29, 0.717) is 0 Å². The minimum absolute atomic E-state index is 0.722. The molecule has 1 N–H and O–H groups in total. The molecule has 0 unspecified atom stereocenters. The first-order valence-electron chi connectivity index (χ1n) is 8.00. The average molecular weight is 269 g/mol. The van der Waals surface area contributed by atoms with E-state index in [-0.39, 0.29) is 0 Å². The summed E-state index contributed by atoms with van der Waals surface area (Å²) in [5, 5.41) is 2.75. The lowest BCUT2D eigenvalue weighted by molar-refractivity contribution is -0.110. The predicted octanol–water partition coefficient (Wildman–Crippen LogP) is 1.91. The van der Waals surface area contributed by atoms with Gasteiger partial charge in [-0.25, -0.2) is 0 Å². The van der Waals surface area contributed by atoms with Crippen LogP contribution in [0.15, 0.2) is 0 Å². The van der Waals surface area contributed by atoms with Crippen molar-refractivity contribution in [1.29, 1.82) is 0 Å². The molecule has 0 radical (unpaired) electrons. The lowest BCUT2D eigenvalue weighted by atomic mass is 9.95. The number of nitrogens with zero attached hydrogens (tertiary/aromatic N) is 2. The molecule has 0 atom stereocenters. The lowest BCUT2D eigenvalue weighted by Gasteiger charge is -2.35. The molecule has 2 saturated heterocycles. The minimum Gasteiger partial charge on any atom is -0.346 e. The highest BCUT2D eigenvalue weighted by Gasteiger charge is 2.21. The molecule has 2 aliphatic rings. The molecule has 4 heteroatoms. The summed E-state index contributed by atoms with van der Waals surface area (Å²) in [4.78, 5) is 15.2. The fourth-order valence-electron chi connectivity index (χ4n) is 3.00. The molecule has 0 saturated carbocycles. The van der Waals surface area contributed by atoms with Crippen LogP contribution in [0.25, 0.3) is 0 Å². The van der Waals surface area contributed by atoms with Gasteiger partial charge in [-0.2, -0.15) is 0 Å². The summed E-state index contributed by atoms with van der Waals surface area (Å²) in [5.41, 5.74) is 0. The number of carbonyl (C=O) groups excluding carboxylic acids is 1. The molecule has 0 aromatic heterocycles. The molecule has 0 spiro atoms. The van der Waals surface area contributed by atoms with E-state index in [2.05, 4.69) is 15.1 Å². The van der Waals surface area contributed by atoms with E-state index in [1.54, 1.807) is 0 Å². The number of rotatable bonds is 5. The Morgan fingerprint density at radius 2 is 1.63 bits per heavy atom. The van der Waals surface area contributed by atoms with Gasteiger partial charge in [0.1, 0.15) is 0 Å². The minimum atomic E-state index is 0.722. The summed E-state index contributed by atoms with van der Waals surface area (Å²) < 4.78 is 0. The Kier molecular flexibility index (Phi) is 8.84. The molecular weight excluding hydrogens is 238 g/mol. The van der Waals surface area contributed by atoms with Crippen LogP contribution in [0.3, 0.4) is 0 Å². The van der Waals surface area contributed by atoms with Crippen LogP contribution in [-0.4, -0.2) is 55.6 Å². The number of nitrogens with one attached hydrogen (secondary N) is 1. The van der Waals surface area contributed by atoms with Crippen molar-refractivity contribution in [3.05, 3.63) is 0 Å². The lowest BCUT2D eigenvalue weighted by Crippen LogP contribution is -2.43. The molecule has 2 heterocycles. The number of carbonyl (C=O) groups is 1. The van der Waals surface area contributed by atoms with Gasteiger partial charge in [0.05, 0.1) is 6.67 Å². The zero-order chi connectivity index (χ0) is 13.9. The van der Waals surface area contributed by atoms with Crippen LogP contribution in [0.5, 0.6) is 0 Å². The zero-order valence-corrected chi connectivity index (χ0v) is 12.7. The monoisotopic (exact) mass is 269 g/mol. The maximum absolute atomic E-state index is 10.2. The summed E-state index contributed by atoms with van der Waals surface area (Å²) in [5.74, 6) is 0.876. The van der Waals surface area contributed by atoms with Gasteiger partial charge in [0.15, 0.2) is 0 Å². The topological polar surface area (TPSA) is 35.6 Å². The molecule has 2 fully saturated rings. The number of hydrogen-bond acceptors (Lipinski definition) is 3. The number of likely N-dealkylation sites (tertiary alicyclic amines) is 2. The second-order valence-corrected chi connectivity index (χ2v) is 5.40. The largest absolute Gasteiger partial charge is 0.346 e. The highest BCUT2D eigenvalue weighted by Crippen LogP contribution is 2.19. The summed E-state index contributed by atoms with van der Waals surface area (Å²) in [6, 6.07) is 0. The van der Waals surface area contributed by atoms with Gasteiger partial charge in [0.2, 0.25) is 6.41 Å². The highest BCUT2D eigenvalue weighted by atomic mass is 16.1. The van der Waals surface area contributed by atoms with Crippen LogP contribution >= 0.6 is 0 Å². The Balaban J connectivity index is 0.000000861. The first-order valence-corrected chi connectivity index (χ1v) is 8.00. The second-order valence-electron chi connectivity index (χ2n) is 5.40. The maximum atomic E-state index is 10.2. The molecule has 2 rings (SSSR count). The van der Waals surface area contributed by atoms with Crippen LogP contribution in [0.2, 0.25) is 0 Å². The molecule has 0 bridgehead atoms. The number of piperidine rings is 2. The van der Waals surface area contributed by atoms with Crippen LogP contribution in [0.1, 0.15) is 46.0 Å². The van der Waals surface area contributed by atoms with Crippen molar-refractivity contribution in [1.82, 2.24) is 15.1 Å². The molecule has 4 nitrogen and oxygen atoms in total. The Hall–Kier alpha value is -0.610. The molecule has 0 aliphatic carbocycles. The zero-order valence-electron chi connectivity index (χ0n) is 12.7. The van der Waals surface area contributed by atoms with Crippen molar-refractivity contribution >= 4 is 6.41 Å². The van der Waals surface area contributed by atoms with Gasteiger partial charge in [-0.05, 0) is 44.7 Å². The third kappa shape index (κ3) is 6.39. The fourth-order valence-corrected chi connectivity index (χ4v) is 3.00. The molecular formula is C15H31N3O. The van der Waals surface area contributed by atoms with Crippen molar-refractivity contribution in [2.24, 2.45) is 5.92 Å². The smallest absolute Gasteiger partial charge is 0.208 e. The van der Waals surface area contributed by atoms with Crippen LogP contribution < -0.4 is 5.32 Å². The standard InChI is InChI=1S/C13H25N3O.C2H6/c17-12-14-11-16-8-4-13(5-9-16)10-15-6-2-1-3-7-15;1-2/h12-13H,1-11H2,(H,14,17);1-2H3. The SMILES string of the molecule is CC.O=CNCN1CCC(CN2CCCCC2)CC1. The van der Waals surface area contributed by atoms with Crippen LogP contribution in [0.4, 0.5) is 0 Å². The van der Waals surface area contributed by atoms with Gasteiger partial charge >= 0.3 is 0 Å². The van der Waals surface area contributed by atoms with Gasteiger partial charge in [-0.1, -0.05) is 20.3 Å². The maximum Gasteiger partial charge on any atom is 0.208 e. The van der Waals surface area contributed by atoms with Gasteiger partial charge in [-0.15, -0.1) is 0 Å². The number of hydrogen-bond donors (Lipinski definition) is 1. The van der Waals surface area contributed by atoms with Gasteiger partial charge < -0.3 is 10.2 Å². The Morgan fingerprint density at radius 3 is 2.21 bits per heavy atom. The van der Waals surface area contributed by atoms with E-state index in [4.69, 9.17) is 0 Å². The predicted molar refractivity (Wildman–Crippen MR) is 80.0 cm³/mol. The summed E-state index contributed by atoms with van der Waals surface area (Å²) >= 11 is 0. The normalized spacial score (nSPS) is 22.4. The molecule has 19 heavy (non-hydrogen) atoms. The first-order chi connectivity index (χ1) is 9.38. The average Bonchev–Trinajstić information content (AvgIpc) is 2.50. The molecule has 112 valence electrons. The molecule has 0 aromatic carbocycles. The fraction of sp³-hybridized carbons (Fsp3) is 0.933. The van der Waals surface area contributed by atoms with Crippen molar-refractivity contribution in [2.75, 3.05) is 39.4 Å². The van der Waals surface area contributed by atoms with Crippen molar-refractivity contribution < 1.29 is 4.79 Å². The number of amides is 1. The van der Waals surface area contributed by atoms with Crippen LogP contribution in [0, 0.1) is 5.92 Å². The van der Waals surface area contributed by atoms with Gasteiger partial charge in [0, 0.05) is 19.6 Å². The van der Waals surface area contributed by atoms with E-state index in [1.165, 1.54) is 51.7 Å². The molecule has 0 aromatic rings. The van der Waals surface area contributed by atoms with Gasteiger partial charge in [0.25, 0.3) is 0 Å². The first kappa shape index (κ1) is 16.4. The molecule has 1 amide bonds. The third-order valence-electron chi connectivity index (χ3n) is 4.07. The Bertz CT molecular complexity index is 221. The van der Waals surface area contributed by atoms with E-state index >= 15 is 0 Å².